The maximum atomic E-state index is 13.8. The zero-order valence-electron chi connectivity index (χ0n) is 13.2. The number of allylic oxidation sites excluding steroid dienone is 1. The molecular formula is C20H22FN. The molecule has 0 saturated heterocycles. The van der Waals surface area contributed by atoms with Crippen molar-refractivity contribution in [3.8, 4) is 0 Å². The summed E-state index contributed by atoms with van der Waals surface area (Å²) >= 11 is 0. The average molecular weight is 295 g/mol. The molecule has 3 rings (SSSR count). The van der Waals surface area contributed by atoms with Gasteiger partial charge in [-0.3, -0.25) is 0 Å². The average Bonchev–Trinajstić information content (AvgIpc) is 2.65. The minimum absolute atomic E-state index is 0.143. The minimum atomic E-state index is -0.149. The standard InChI is InChI=1S/C20H22FN/c1-22(2)13-5-8-19-18-7-4-3-6-15(18)9-10-16-11-12-17(21)14-20(16)19/h3-8,11-12,14,19H,9-10,13H2,1-2H3/b8-5-. The highest BCUT2D eigenvalue weighted by Gasteiger charge is 2.21. The van der Waals surface area contributed by atoms with Crippen molar-refractivity contribution in [2.45, 2.75) is 18.8 Å². The van der Waals surface area contributed by atoms with Crippen molar-refractivity contribution in [2.75, 3.05) is 20.6 Å². The van der Waals surface area contributed by atoms with Crippen LogP contribution in [0.4, 0.5) is 4.39 Å². The number of hydrogen-bond donors (Lipinski definition) is 0. The molecule has 0 radical (unpaired) electrons. The minimum Gasteiger partial charge on any atom is -0.306 e. The fourth-order valence-electron chi connectivity index (χ4n) is 3.20. The molecule has 0 fully saturated rings. The van der Waals surface area contributed by atoms with Crippen LogP contribution in [0.15, 0.2) is 54.6 Å². The maximum Gasteiger partial charge on any atom is 0.123 e. The number of fused-ring (bicyclic) bond motifs is 2. The fourth-order valence-corrected chi connectivity index (χ4v) is 3.20. The highest BCUT2D eigenvalue weighted by atomic mass is 19.1. The Balaban J connectivity index is 2.08. The second-order valence-electron chi connectivity index (χ2n) is 6.21. The molecule has 114 valence electrons. The third kappa shape index (κ3) is 3.12. The summed E-state index contributed by atoms with van der Waals surface area (Å²) < 4.78 is 13.8. The molecule has 0 saturated carbocycles. The lowest BCUT2D eigenvalue weighted by atomic mass is 9.87. The van der Waals surface area contributed by atoms with Crippen LogP contribution < -0.4 is 0 Å². The largest absolute Gasteiger partial charge is 0.306 e. The van der Waals surface area contributed by atoms with E-state index >= 15 is 0 Å². The molecule has 0 aliphatic heterocycles. The quantitative estimate of drug-likeness (QED) is 0.768. The summed E-state index contributed by atoms with van der Waals surface area (Å²) in [6.07, 6.45) is 6.40. The van der Waals surface area contributed by atoms with Gasteiger partial charge in [-0.15, -0.1) is 0 Å². The molecule has 2 aromatic carbocycles. The van der Waals surface area contributed by atoms with Crippen LogP contribution >= 0.6 is 0 Å². The van der Waals surface area contributed by atoms with E-state index in [9.17, 15) is 4.39 Å². The second kappa shape index (κ2) is 6.45. The van der Waals surface area contributed by atoms with Crippen LogP contribution in [-0.2, 0) is 12.8 Å². The van der Waals surface area contributed by atoms with Gasteiger partial charge in [-0.25, -0.2) is 4.39 Å². The van der Waals surface area contributed by atoms with Crippen LogP contribution in [0.2, 0.25) is 0 Å². The van der Waals surface area contributed by atoms with Crippen LogP contribution in [0.1, 0.15) is 28.2 Å². The Morgan fingerprint density at radius 2 is 1.77 bits per heavy atom. The van der Waals surface area contributed by atoms with Gasteiger partial charge < -0.3 is 4.90 Å². The molecule has 2 heteroatoms. The van der Waals surface area contributed by atoms with Crippen LogP contribution in [0.25, 0.3) is 0 Å². The van der Waals surface area contributed by atoms with E-state index in [-0.39, 0.29) is 11.7 Å². The van der Waals surface area contributed by atoms with Crippen LogP contribution in [0, 0.1) is 5.82 Å². The Morgan fingerprint density at radius 3 is 2.55 bits per heavy atom. The third-order valence-electron chi connectivity index (χ3n) is 4.30. The van der Waals surface area contributed by atoms with Gasteiger partial charge in [0.05, 0.1) is 0 Å². The van der Waals surface area contributed by atoms with E-state index in [0.717, 1.165) is 24.9 Å². The molecule has 1 aliphatic rings. The lowest BCUT2D eigenvalue weighted by Crippen LogP contribution is -2.11. The summed E-state index contributed by atoms with van der Waals surface area (Å²) in [5.41, 5.74) is 5.05. The molecule has 1 unspecified atom stereocenters. The number of hydrogen-bond acceptors (Lipinski definition) is 1. The van der Waals surface area contributed by atoms with Crippen molar-refractivity contribution in [3.05, 3.63) is 82.7 Å². The van der Waals surface area contributed by atoms with Gasteiger partial charge >= 0.3 is 0 Å². The molecule has 0 amide bonds. The molecule has 0 N–H and O–H groups in total. The number of nitrogens with zero attached hydrogens (tertiary/aromatic N) is 1. The fraction of sp³-hybridized carbons (Fsp3) is 0.300. The van der Waals surface area contributed by atoms with Gasteiger partial charge in [0.15, 0.2) is 0 Å². The molecular weight excluding hydrogens is 273 g/mol. The van der Waals surface area contributed by atoms with E-state index in [1.165, 1.54) is 16.7 Å². The molecule has 1 atom stereocenters. The van der Waals surface area contributed by atoms with Crippen molar-refractivity contribution in [1.29, 1.82) is 0 Å². The maximum absolute atomic E-state index is 13.8. The Labute approximate surface area is 132 Å². The normalized spacial score (nSPS) is 17.4. The van der Waals surface area contributed by atoms with Crippen molar-refractivity contribution in [1.82, 2.24) is 4.90 Å². The first-order valence-corrected chi connectivity index (χ1v) is 7.82. The molecule has 1 aliphatic carbocycles. The van der Waals surface area contributed by atoms with Gasteiger partial charge in [0, 0.05) is 12.5 Å². The summed E-state index contributed by atoms with van der Waals surface area (Å²) in [7, 11) is 4.11. The third-order valence-corrected chi connectivity index (χ3v) is 4.30. The lowest BCUT2D eigenvalue weighted by molar-refractivity contribution is 0.456. The number of aryl methyl sites for hydroxylation is 2. The van der Waals surface area contributed by atoms with E-state index in [2.05, 4.69) is 55.4 Å². The summed E-state index contributed by atoms with van der Waals surface area (Å²) in [6.45, 7) is 0.892. The Hall–Kier alpha value is -1.93. The zero-order valence-corrected chi connectivity index (χ0v) is 13.2. The molecule has 0 heterocycles. The molecule has 22 heavy (non-hydrogen) atoms. The lowest BCUT2D eigenvalue weighted by Gasteiger charge is -2.17. The molecule has 0 bridgehead atoms. The van der Waals surface area contributed by atoms with Gasteiger partial charge in [-0.1, -0.05) is 42.5 Å². The van der Waals surface area contributed by atoms with Crippen molar-refractivity contribution in [2.24, 2.45) is 0 Å². The Bertz CT molecular complexity index is 688. The monoisotopic (exact) mass is 295 g/mol. The predicted octanol–water partition coefficient (Wildman–Crippen LogP) is 4.17. The Kier molecular flexibility index (Phi) is 4.39. The zero-order chi connectivity index (χ0) is 15.5. The highest BCUT2D eigenvalue weighted by Crippen LogP contribution is 2.35. The van der Waals surface area contributed by atoms with Crippen molar-refractivity contribution >= 4 is 0 Å². The van der Waals surface area contributed by atoms with Crippen LogP contribution in [0.5, 0.6) is 0 Å². The molecule has 1 nitrogen and oxygen atoms in total. The molecule has 0 spiro atoms. The topological polar surface area (TPSA) is 3.24 Å². The summed E-state index contributed by atoms with van der Waals surface area (Å²) in [4.78, 5) is 2.13. The highest BCUT2D eigenvalue weighted by molar-refractivity contribution is 5.47. The van der Waals surface area contributed by atoms with Gasteiger partial charge in [0.25, 0.3) is 0 Å². The summed E-state index contributed by atoms with van der Waals surface area (Å²) in [5.74, 6) is -0.00603. The summed E-state index contributed by atoms with van der Waals surface area (Å²) in [5, 5.41) is 0. The van der Waals surface area contributed by atoms with E-state index in [1.54, 1.807) is 12.1 Å². The first kappa shape index (κ1) is 15.0. The SMILES string of the molecule is CN(C)C/C=C\C1c2ccccc2CCc2ccc(F)cc21. The second-order valence-corrected chi connectivity index (χ2v) is 6.21. The first-order chi connectivity index (χ1) is 10.6. The number of rotatable bonds is 3. The molecule has 0 aromatic heterocycles. The smallest absolute Gasteiger partial charge is 0.123 e. The summed E-state index contributed by atoms with van der Waals surface area (Å²) in [6, 6.07) is 13.8. The van der Waals surface area contributed by atoms with Gasteiger partial charge in [-0.05, 0) is 61.3 Å². The van der Waals surface area contributed by atoms with Crippen LogP contribution in [0.3, 0.4) is 0 Å². The first-order valence-electron chi connectivity index (χ1n) is 7.82. The van der Waals surface area contributed by atoms with E-state index in [4.69, 9.17) is 0 Å². The van der Waals surface area contributed by atoms with Crippen LogP contribution in [-0.4, -0.2) is 25.5 Å². The number of benzene rings is 2. The van der Waals surface area contributed by atoms with E-state index in [0.29, 0.717) is 0 Å². The Morgan fingerprint density at radius 1 is 1.05 bits per heavy atom. The molecule has 2 aromatic rings. The van der Waals surface area contributed by atoms with Crippen molar-refractivity contribution in [3.63, 3.8) is 0 Å². The number of likely N-dealkylation sites (N-methyl/N-ethyl adjacent to an activating group) is 1. The van der Waals surface area contributed by atoms with E-state index < -0.39 is 0 Å². The van der Waals surface area contributed by atoms with Gasteiger partial charge in [0.2, 0.25) is 0 Å². The predicted molar refractivity (Wildman–Crippen MR) is 89.8 cm³/mol. The van der Waals surface area contributed by atoms with E-state index in [1.807, 2.05) is 6.07 Å². The van der Waals surface area contributed by atoms with Gasteiger partial charge in [-0.2, -0.15) is 0 Å². The number of halogens is 1. The van der Waals surface area contributed by atoms with Crippen molar-refractivity contribution < 1.29 is 4.39 Å². The van der Waals surface area contributed by atoms with Gasteiger partial charge in [0.1, 0.15) is 5.82 Å².